The van der Waals surface area contributed by atoms with Crippen LogP contribution in [0.3, 0.4) is 0 Å². The molecular weight excluding hydrogens is 475 g/mol. The zero-order valence-corrected chi connectivity index (χ0v) is 18.7. The van der Waals surface area contributed by atoms with Gasteiger partial charge in [0.2, 0.25) is 10.0 Å². The smallest absolute Gasteiger partial charge is 0.264 e. The molecule has 1 amide bonds. The lowest BCUT2D eigenvalue weighted by Gasteiger charge is -2.30. The van der Waals surface area contributed by atoms with Crippen LogP contribution < -0.4 is 9.64 Å². The molecule has 2 aromatic rings. The van der Waals surface area contributed by atoms with Gasteiger partial charge in [0, 0.05) is 29.8 Å². The molecule has 0 saturated carbocycles. The summed E-state index contributed by atoms with van der Waals surface area (Å²) in [7, 11) is -3.50. The summed E-state index contributed by atoms with van der Waals surface area (Å²) in [6.45, 7) is 1.31. The van der Waals surface area contributed by atoms with E-state index in [4.69, 9.17) is 4.74 Å². The van der Waals surface area contributed by atoms with Crippen LogP contribution in [-0.4, -0.2) is 44.9 Å². The molecule has 30 heavy (non-hydrogen) atoms. The minimum atomic E-state index is -3.50. The number of amides is 1. The van der Waals surface area contributed by atoms with Crippen molar-refractivity contribution in [3.05, 3.63) is 52.3 Å². The number of ether oxygens (including phenoxy) is 1. The van der Waals surface area contributed by atoms with E-state index < -0.39 is 15.8 Å². The van der Waals surface area contributed by atoms with Crippen molar-refractivity contribution < 1.29 is 22.3 Å². The number of rotatable bonds is 5. The Morgan fingerprint density at radius 2 is 1.83 bits per heavy atom. The van der Waals surface area contributed by atoms with Gasteiger partial charge in [0.15, 0.2) is 18.2 Å². The highest BCUT2D eigenvalue weighted by atomic mass is 79.9. The molecule has 0 bridgehead atoms. The molecule has 2 heterocycles. The Morgan fingerprint density at radius 3 is 2.57 bits per heavy atom. The van der Waals surface area contributed by atoms with Crippen LogP contribution in [0.25, 0.3) is 0 Å². The summed E-state index contributed by atoms with van der Waals surface area (Å²) < 4.78 is 47.1. The molecular formula is C21H22BrFN2O4S. The van der Waals surface area contributed by atoms with E-state index in [1.54, 1.807) is 29.2 Å². The van der Waals surface area contributed by atoms with Crippen LogP contribution in [-0.2, 0) is 21.2 Å². The second-order valence-corrected chi connectivity index (χ2v) is 10.3. The highest BCUT2D eigenvalue weighted by molar-refractivity contribution is 9.10. The minimum absolute atomic E-state index is 0.0100. The van der Waals surface area contributed by atoms with Gasteiger partial charge in [-0.2, -0.15) is 4.31 Å². The van der Waals surface area contributed by atoms with Gasteiger partial charge < -0.3 is 9.64 Å². The molecule has 1 fully saturated rings. The van der Waals surface area contributed by atoms with Gasteiger partial charge in [-0.1, -0.05) is 15.9 Å². The van der Waals surface area contributed by atoms with Crippen LogP contribution in [0.1, 0.15) is 24.8 Å². The first-order chi connectivity index (χ1) is 14.4. The summed E-state index contributed by atoms with van der Waals surface area (Å²) in [4.78, 5) is 14.6. The molecule has 0 unspecified atom stereocenters. The fraction of sp³-hybridized carbons (Fsp3) is 0.381. The van der Waals surface area contributed by atoms with Gasteiger partial charge in [0.05, 0.1) is 4.90 Å². The first kappa shape index (κ1) is 21.3. The lowest BCUT2D eigenvalue weighted by Crippen LogP contribution is -2.39. The number of hydrogen-bond donors (Lipinski definition) is 0. The Hall–Kier alpha value is -1.97. The van der Waals surface area contributed by atoms with E-state index in [0.29, 0.717) is 36.2 Å². The van der Waals surface area contributed by atoms with Crippen molar-refractivity contribution in [3.8, 4) is 5.75 Å². The third-order valence-electron chi connectivity index (χ3n) is 5.42. The Morgan fingerprint density at radius 1 is 1.07 bits per heavy atom. The van der Waals surface area contributed by atoms with E-state index in [1.807, 2.05) is 0 Å². The topological polar surface area (TPSA) is 66.9 Å². The Kier molecular flexibility index (Phi) is 6.13. The minimum Gasteiger partial charge on any atom is -0.481 e. The van der Waals surface area contributed by atoms with Gasteiger partial charge in [-0.3, -0.25) is 4.79 Å². The van der Waals surface area contributed by atoms with Crippen molar-refractivity contribution in [3.63, 3.8) is 0 Å². The number of fused-ring (bicyclic) bond motifs is 1. The monoisotopic (exact) mass is 496 g/mol. The summed E-state index contributed by atoms with van der Waals surface area (Å²) in [5, 5.41) is 0. The molecule has 1 saturated heterocycles. The average molecular weight is 497 g/mol. The van der Waals surface area contributed by atoms with Crippen molar-refractivity contribution >= 4 is 37.5 Å². The summed E-state index contributed by atoms with van der Waals surface area (Å²) in [6, 6.07) is 9.31. The van der Waals surface area contributed by atoms with Gasteiger partial charge in [-0.25, -0.2) is 12.8 Å². The van der Waals surface area contributed by atoms with Gasteiger partial charge in [0.25, 0.3) is 5.91 Å². The molecule has 9 heteroatoms. The predicted octanol–water partition coefficient (Wildman–Crippen LogP) is 3.73. The lowest BCUT2D eigenvalue weighted by atomic mass is 10.0. The maximum absolute atomic E-state index is 13.9. The second-order valence-electron chi connectivity index (χ2n) is 7.41. The van der Waals surface area contributed by atoms with E-state index in [-0.39, 0.29) is 23.2 Å². The van der Waals surface area contributed by atoms with Crippen molar-refractivity contribution in [2.45, 2.75) is 30.6 Å². The number of hydrogen-bond acceptors (Lipinski definition) is 4. The van der Waals surface area contributed by atoms with Crippen molar-refractivity contribution in [1.82, 2.24) is 4.31 Å². The van der Waals surface area contributed by atoms with Crippen LogP contribution in [0.15, 0.2) is 45.8 Å². The molecule has 0 spiro atoms. The largest absolute Gasteiger partial charge is 0.481 e. The van der Waals surface area contributed by atoms with Crippen LogP contribution in [0.5, 0.6) is 5.75 Å². The van der Waals surface area contributed by atoms with E-state index in [9.17, 15) is 17.6 Å². The average Bonchev–Trinajstić information content (AvgIpc) is 3.28. The number of carbonyl (C=O) groups is 1. The van der Waals surface area contributed by atoms with Gasteiger partial charge in [-0.05, 0) is 67.6 Å². The molecule has 0 aromatic heterocycles. The normalized spacial score (nSPS) is 17.1. The van der Waals surface area contributed by atoms with Crippen molar-refractivity contribution in [2.75, 3.05) is 31.1 Å². The molecule has 2 aliphatic heterocycles. The zero-order chi connectivity index (χ0) is 21.3. The first-order valence-corrected chi connectivity index (χ1v) is 12.1. The fourth-order valence-corrected chi connectivity index (χ4v) is 5.78. The number of aryl methyl sites for hydroxylation is 1. The van der Waals surface area contributed by atoms with Crippen LogP contribution in [0.2, 0.25) is 0 Å². The third kappa shape index (κ3) is 4.24. The number of anilines is 1. The summed E-state index contributed by atoms with van der Waals surface area (Å²) in [5.41, 5.74) is 1.51. The number of benzene rings is 2. The molecule has 4 rings (SSSR count). The van der Waals surface area contributed by atoms with E-state index in [1.165, 1.54) is 16.4 Å². The van der Waals surface area contributed by atoms with Gasteiger partial charge >= 0.3 is 0 Å². The quantitative estimate of drug-likeness (QED) is 0.632. The van der Waals surface area contributed by atoms with Crippen LogP contribution >= 0.6 is 15.9 Å². The van der Waals surface area contributed by atoms with E-state index in [0.717, 1.165) is 24.8 Å². The number of halogens is 2. The molecule has 2 aliphatic rings. The molecule has 160 valence electrons. The Bertz CT molecular complexity index is 1070. The standard InChI is InChI=1S/C21H22BrFN2O4S/c22-16-5-8-20(18(23)13-16)29-14-21(26)25-11-3-4-15-12-17(6-7-19(15)25)30(27,28)24-9-1-2-10-24/h5-8,12-13H,1-4,9-11,14H2. The van der Waals surface area contributed by atoms with E-state index >= 15 is 0 Å². The summed E-state index contributed by atoms with van der Waals surface area (Å²) in [5.74, 6) is -0.836. The van der Waals surface area contributed by atoms with Gasteiger partial charge in [0.1, 0.15) is 0 Å². The molecule has 0 radical (unpaired) electrons. The molecule has 0 aliphatic carbocycles. The highest BCUT2D eigenvalue weighted by Crippen LogP contribution is 2.31. The number of nitrogens with zero attached hydrogens (tertiary/aromatic N) is 2. The maximum Gasteiger partial charge on any atom is 0.264 e. The predicted molar refractivity (Wildman–Crippen MR) is 115 cm³/mol. The lowest BCUT2D eigenvalue weighted by molar-refractivity contribution is -0.120. The zero-order valence-electron chi connectivity index (χ0n) is 16.3. The third-order valence-corrected chi connectivity index (χ3v) is 7.81. The molecule has 0 N–H and O–H groups in total. The SMILES string of the molecule is O=C(COc1ccc(Br)cc1F)N1CCCc2cc(S(=O)(=O)N3CCCC3)ccc21. The first-order valence-electron chi connectivity index (χ1n) is 9.87. The van der Waals surface area contributed by atoms with Crippen LogP contribution in [0.4, 0.5) is 10.1 Å². The number of carbonyl (C=O) groups excluding carboxylic acids is 1. The molecule has 2 aromatic carbocycles. The van der Waals surface area contributed by atoms with Crippen molar-refractivity contribution in [2.24, 2.45) is 0 Å². The van der Waals surface area contributed by atoms with Gasteiger partial charge in [-0.15, -0.1) is 0 Å². The molecule has 6 nitrogen and oxygen atoms in total. The van der Waals surface area contributed by atoms with Crippen molar-refractivity contribution in [1.29, 1.82) is 0 Å². The Balaban J connectivity index is 1.51. The Labute approximate surface area is 183 Å². The summed E-state index contributed by atoms with van der Waals surface area (Å²) >= 11 is 3.18. The highest BCUT2D eigenvalue weighted by Gasteiger charge is 2.29. The molecule has 0 atom stereocenters. The maximum atomic E-state index is 13.9. The fourth-order valence-electron chi connectivity index (χ4n) is 3.88. The van der Waals surface area contributed by atoms with Crippen LogP contribution in [0, 0.1) is 5.82 Å². The number of sulfonamides is 1. The van der Waals surface area contributed by atoms with E-state index in [2.05, 4.69) is 15.9 Å². The second kappa shape index (κ2) is 8.64. The summed E-state index contributed by atoms with van der Waals surface area (Å²) in [6.07, 6.45) is 3.18.